The summed E-state index contributed by atoms with van der Waals surface area (Å²) in [4.78, 5) is 29.2. The van der Waals surface area contributed by atoms with Crippen LogP contribution in [0.15, 0.2) is 90.8 Å². The number of rotatable bonds is 9. The number of likely N-dealkylation sites (N-methyl/N-ethyl adjacent to an activating group) is 1. The SMILES string of the molecule is C=CS(=O)NC(C)c1nn(-c2ccccc2)c2c1C(c1ccc(F)cc1)C(NC(=O)c1cccc(C(F)(F)F)c1)C(=O)N2CC. The Morgan fingerprint density at radius 1 is 1.09 bits per heavy atom. The number of carbonyl (C=O) groups excluding carboxylic acids is 2. The Hall–Kier alpha value is -4.62. The molecule has 2 amide bonds. The first-order valence-electron chi connectivity index (χ1n) is 14.0. The number of para-hydroxylation sites is 1. The number of halogens is 4. The van der Waals surface area contributed by atoms with E-state index >= 15 is 0 Å². The zero-order valence-electron chi connectivity index (χ0n) is 24.2. The third-order valence-corrected chi connectivity index (χ3v) is 8.39. The summed E-state index contributed by atoms with van der Waals surface area (Å²) < 4.78 is 71.4. The van der Waals surface area contributed by atoms with Gasteiger partial charge >= 0.3 is 6.18 Å². The van der Waals surface area contributed by atoms with Crippen molar-refractivity contribution >= 4 is 28.6 Å². The van der Waals surface area contributed by atoms with Crippen molar-refractivity contribution in [1.82, 2.24) is 19.8 Å². The molecule has 45 heavy (non-hydrogen) atoms. The van der Waals surface area contributed by atoms with E-state index in [0.717, 1.165) is 12.1 Å². The molecule has 0 aliphatic carbocycles. The molecular formula is C32H29F4N5O3S. The van der Waals surface area contributed by atoms with Crippen LogP contribution >= 0.6 is 0 Å². The number of carbonyl (C=O) groups is 2. The fourth-order valence-corrected chi connectivity index (χ4v) is 6.02. The minimum Gasteiger partial charge on any atom is -0.339 e. The first-order chi connectivity index (χ1) is 21.4. The molecule has 4 aromatic rings. The molecule has 1 aliphatic rings. The zero-order valence-corrected chi connectivity index (χ0v) is 25.0. The molecule has 0 bridgehead atoms. The highest BCUT2D eigenvalue weighted by Crippen LogP contribution is 2.45. The lowest BCUT2D eigenvalue weighted by atomic mass is 9.80. The summed E-state index contributed by atoms with van der Waals surface area (Å²) in [6.07, 6.45) is -4.68. The number of hydrogen-bond acceptors (Lipinski definition) is 4. The van der Waals surface area contributed by atoms with Crippen LogP contribution in [0.1, 0.15) is 58.5 Å². The van der Waals surface area contributed by atoms with Gasteiger partial charge in [0.2, 0.25) is 0 Å². The second-order valence-electron chi connectivity index (χ2n) is 10.3. The van der Waals surface area contributed by atoms with Crippen LogP contribution in [0.5, 0.6) is 0 Å². The smallest absolute Gasteiger partial charge is 0.339 e. The van der Waals surface area contributed by atoms with E-state index in [1.165, 1.54) is 40.6 Å². The molecule has 2 N–H and O–H groups in total. The van der Waals surface area contributed by atoms with Crippen molar-refractivity contribution < 1.29 is 31.4 Å². The third kappa shape index (κ3) is 6.31. The van der Waals surface area contributed by atoms with Crippen LogP contribution in [0.3, 0.4) is 0 Å². The predicted octanol–water partition coefficient (Wildman–Crippen LogP) is 5.79. The molecule has 0 radical (unpaired) electrons. The molecule has 0 spiro atoms. The molecule has 3 aromatic carbocycles. The molecule has 0 saturated heterocycles. The maximum Gasteiger partial charge on any atom is 0.416 e. The van der Waals surface area contributed by atoms with Crippen LogP contribution in [0.2, 0.25) is 0 Å². The third-order valence-electron chi connectivity index (χ3n) is 7.50. The summed E-state index contributed by atoms with van der Waals surface area (Å²) in [5.74, 6) is -2.54. The Labute approximate surface area is 259 Å². The van der Waals surface area contributed by atoms with Gasteiger partial charge in [-0.3, -0.25) is 14.5 Å². The monoisotopic (exact) mass is 639 g/mol. The van der Waals surface area contributed by atoms with E-state index in [4.69, 9.17) is 5.10 Å². The van der Waals surface area contributed by atoms with Gasteiger partial charge in [-0.1, -0.05) is 43.0 Å². The number of anilines is 1. The van der Waals surface area contributed by atoms with E-state index in [0.29, 0.717) is 34.4 Å². The number of amides is 2. The largest absolute Gasteiger partial charge is 0.416 e. The molecule has 5 rings (SSSR count). The topological polar surface area (TPSA) is 96.3 Å². The van der Waals surface area contributed by atoms with Gasteiger partial charge in [0.15, 0.2) is 0 Å². The van der Waals surface area contributed by atoms with Gasteiger partial charge in [0.1, 0.15) is 28.7 Å². The Morgan fingerprint density at radius 2 is 1.78 bits per heavy atom. The average molecular weight is 640 g/mol. The van der Waals surface area contributed by atoms with Crippen molar-refractivity contribution in [1.29, 1.82) is 0 Å². The second kappa shape index (κ2) is 12.8. The van der Waals surface area contributed by atoms with Crippen LogP contribution in [0.4, 0.5) is 23.4 Å². The van der Waals surface area contributed by atoms with Crippen molar-refractivity contribution in [3.8, 4) is 5.69 Å². The molecule has 0 saturated carbocycles. The number of nitrogens with one attached hydrogen (secondary N) is 2. The van der Waals surface area contributed by atoms with Gasteiger partial charge in [-0.2, -0.15) is 18.3 Å². The molecule has 0 fully saturated rings. The molecular weight excluding hydrogens is 610 g/mol. The van der Waals surface area contributed by atoms with Crippen LogP contribution in [0, 0.1) is 5.82 Å². The summed E-state index contributed by atoms with van der Waals surface area (Å²) in [6, 6.07) is 16.3. The van der Waals surface area contributed by atoms with Crippen molar-refractivity contribution in [2.75, 3.05) is 11.4 Å². The molecule has 13 heteroatoms. The lowest BCUT2D eigenvalue weighted by molar-refractivity contribution is -0.137. The minimum absolute atomic E-state index is 0.149. The summed E-state index contributed by atoms with van der Waals surface area (Å²) in [5, 5.41) is 8.76. The van der Waals surface area contributed by atoms with Crippen molar-refractivity contribution in [2.45, 2.75) is 38.0 Å². The standard InChI is InChI=1S/C32H29F4N5O3S/c1-4-40-30-26(27(19(3)39-45(44)5-2)38-41(30)24-12-7-6-8-13-24)25(20-14-16-23(33)17-15-20)28(31(40)43)37-29(42)21-10-9-11-22(18-21)32(34,35)36/h5-19,25,28,39H,2,4H2,1,3H3,(H,37,42). The van der Waals surface area contributed by atoms with Gasteiger partial charge in [0, 0.05) is 29.0 Å². The number of fused-ring (bicyclic) bond motifs is 1. The Bertz CT molecular complexity index is 1760. The maximum absolute atomic E-state index is 14.3. The summed E-state index contributed by atoms with van der Waals surface area (Å²) in [7, 11) is -1.65. The van der Waals surface area contributed by atoms with Crippen LogP contribution in [0.25, 0.3) is 5.69 Å². The first-order valence-corrected chi connectivity index (χ1v) is 15.2. The highest BCUT2D eigenvalue weighted by Gasteiger charge is 2.47. The van der Waals surface area contributed by atoms with E-state index < -0.39 is 58.4 Å². The quantitative estimate of drug-likeness (QED) is 0.227. The normalized spacial score (nSPS) is 17.8. The van der Waals surface area contributed by atoms with Crippen molar-refractivity contribution in [2.24, 2.45) is 0 Å². The van der Waals surface area contributed by atoms with Gasteiger partial charge in [-0.15, -0.1) is 0 Å². The Kier molecular flexibility index (Phi) is 9.03. The number of nitrogens with zero attached hydrogens (tertiary/aromatic N) is 3. The zero-order chi connectivity index (χ0) is 32.5. The van der Waals surface area contributed by atoms with Gasteiger partial charge in [-0.05, 0) is 61.9 Å². The molecule has 1 aromatic heterocycles. The number of aromatic nitrogens is 2. The van der Waals surface area contributed by atoms with E-state index in [2.05, 4.69) is 16.6 Å². The van der Waals surface area contributed by atoms with E-state index in [1.807, 2.05) is 6.07 Å². The number of hydrogen-bond donors (Lipinski definition) is 2. The van der Waals surface area contributed by atoms with Crippen LogP contribution in [-0.4, -0.2) is 38.4 Å². The van der Waals surface area contributed by atoms with E-state index in [9.17, 15) is 31.4 Å². The van der Waals surface area contributed by atoms with Gasteiger partial charge < -0.3 is 5.32 Å². The number of alkyl halides is 3. The first kappa shape index (κ1) is 31.8. The molecule has 4 unspecified atom stereocenters. The summed E-state index contributed by atoms with van der Waals surface area (Å²) in [5.41, 5.74) is 0.639. The molecule has 4 atom stereocenters. The van der Waals surface area contributed by atoms with Crippen molar-refractivity contribution in [3.63, 3.8) is 0 Å². The highest BCUT2D eigenvalue weighted by atomic mass is 32.2. The fourth-order valence-electron chi connectivity index (χ4n) is 5.47. The minimum atomic E-state index is -4.68. The van der Waals surface area contributed by atoms with Crippen molar-refractivity contribution in [3.05, 3.63) is 125 Å². The molecule has 1 aliphatic heterocycles. The van der Waals surface area contributed by atoms with Crippen LogP contribution < -0.4 is 14.9 Å². The second-order valence-corrected chi connectivity index (χ2v) is 11.5. The predicted molar refractivity (Wildman–Crippen MR) is 162 cm³/mol. The fraction of sp³-hybridized carbons (Fsp3) is 0.219. The van der Waals surface area contributed by atoms with E-state index in [1.54, 1.807) is 42.8 Å². The van der Waals surface area contributed by atoms with E-state index in [-0.39, 0.29) is 12.1 Å². The maximum atomic E-state index is 14.3. The lowest BCUT2D eigenvalue weighted by Gasteiger charge is -2.39. The molecule has 234 valence electrons. The Morgan fingerprint density at radius 3 is 2.40 bits per heavy atom. The summed E-state index contributed by atoms with van der Waals surface area (Å²) >= 11 is 0. The van der Waals surface area contributed by atoms with Gasteiger partial charge in [0.25, 0.3) is 11.8 Å². The van der Waals surface area contributed by atoms with Gasteiger partial charge in [-0.25, -0.2) is 18.0 Å². The summed E-state index contributed by atoms with van der Waals surface area (Å²) in [6.45, 7) is 7.17. The highest BCUT2D eigenvalue weighted by molar-refractivity contribution is 7.86. The van der Waals surface area contributed by atoms with Crippen LogP contribution in [-0.2, 0) is 22.0 Å². The Balaban J connectivity index is 1.73. The molecule has 8 nitrogen and oxygen atoms in total. The number of benzene rings is 3. The molecule has 2 heterocycles. The van der Waals surface area contributed by atoms with Gasteiger partial charge in [0.05, 0.1) is 23.0 Å². The average Bonchev–Trinajstić information content (AvgIpc) is 3.42. The lowest BCUT2D eigenvalue weighted by Crippen LogP contribution is -2.55.